The van der Waals surface area contributed by atoms with Crippen molar-refractivity contribution in [2.75, 3.05) is 5.32 Å². The summed E-state index contributed by atoms with van der Waals surface area (Å²) in [5.41, 5.74) is -0.835. The Labute approximate surface area is 116 Å². The van der Waals surface area contributed by atoms with Crippen LogP contribution in [0.4, 0.5) is 20.2 Å². The Morgan fingerprint density at radius 1 is 1.20 bits per heavy atom. The van der Waals surface area contributed by atoms with Crippen molar-refractivity contribution in [2.45, 2.75) is 39.2 Å². The molecule has 1 aromatic carbocycles. The lowest BCUT2D eigenvalue weighted by molar-refractivity contribution is -0.385. The maximum Gasteiger partial charge on any atom is 0.275 e. The molecule has 2 rings (SSSR count). The number of nitro benzene ring substituents is 1. The van der Waals surface area contributed by atoms with E-state index in [1.54, 1.807) is 0 Å². The smallest absolute Gasteiger partial charge is 0.275 e. The van der Waals surface area contributed by atoms with E-state index in [4.69, 9.17) is 0 Å². The Kier molecular flexibility index (Phi) is 4.20. The first-order valence-corrected chi connectivity index (χ1v) is 6.78. The first-order valence-electron chi connectivity index (χ1n) is 6.78. The fourth-order valence-corrected chi connectivity index (χ4v) is 2.69. The van der Waals surface area contributed by atoms with Crippen molar-refractivity contribution in [3.05, 3.63) is 33.9 Å². The highest BCUT2D eigenvalue weighted by molar-refractivity contribution is 5.52. The Balaban J connectivity index is 2.16. The largest absolute Gasteiger partial charge is 0.378 e. The molecule has 1 aliphatic rings. The van der Waals surface area contributed by atoms with Crippen LogP contribution in [0.15, 0.2) is 12.1 Å². The van der Waals surface area contributed by atoms with Gasteiger partial charge in [0.05, 0.1) is 17.1 Å². The lowest BCUT2D eigenvalue weighted by Gasteiger charge is -2.33. The number of anilines is 1. The van der Waals surface area contributed by atoms with Gasteiger partial charge < -0.3 is 5.32 Å². The van der Waals surface area contributed by atoms with Crippen LogP contribution >= 0.6 is 0 Å². The van der Waals surface area contributed by atoms with E-state index in [2.05, 4.69) is 19.2 Å². The first kappa shape index (κ1) is 14.7. The molecule has 20 heavy (non-hydrogen) atoms. The van der Waals surface area contributed by atoms with Crippen LogP contribution in [0.5, 0.6) is 0 Å². The predicted octanol–water partition coefficient (Wildman–Crippen LogP) is 4.11. The van der Waals surface area contributed by atoms with Gasteiger partial charge in [-0.2, -0.15) is 0 Å². The first-order chi connectivity index (χ1) is 9.38. The molecular formula is C14H18F2N2O2. The summed E-state index contributed by atoms with van der Waals surface area (Å²) in [6.45, 7) is 4.30. The highest BCUT2D eigenvalue weighted by Gasteiger charge is 2.26. The highest BCUT2D eigenvalue weighted by Crippen LogP contribution is 2.33. The minimum absolute atomic E-state index is 0.00616. The van der Waals surface area contributed by atoms with E-state index in [0.717, 1.165) is 31.4 Å². The molecule has 1 saturated carbocycles. The quantitative estimate of drug-likeness (QED) is 0.671. The number of nitro groups is 1. The zero-order valence-corrected chi connectivity index (χ0v) is 11.5. The molecule has 6 heteroatoms. The van der Waals surface area contributed by atoms with Gasteiger partial charge in [-0.1, -0.05) is 13.8 Å². The number of benzene rings is 1. The normalized spacial score (nSPS) is 26.3. The third-order valence-electron chi connectivity index (χ3n) is 4.18. The number of halogens is 2. The molecule has 0 saturated heterocycles. The summed E-state index contributed by atoms with van der Waals surface area (Å²) in [5.74, 6) is -0.726. The SMILES string of the molecule is CC1CCC(Nc2c(F)cc([N+](=O)[O-])cc2F)CC1C. The topological polar surface area (TPSA) is 55.2 Å². The third kappa shape index (κ3) is 3.05. The molecule has 0 radical (unpaired) electrons. The Hall–Kier alpha value is -1.72. The molecule has 3 atom stereocenters. The van der Waals surface area contributed by atoms with Crippen molar-refractivity contribution in [1.82, 2.24) is 0 Å². The minimum Gasteiger partial charge on any atom is -0.378 e. The molecule has 0 bridgehead atoms. The standard InChI is InChI=1S/C14H18F2N2O2/c1-8-3-4-10(5-9(8)2)17-14-12(15)6-11(18(19)20)7-13(14)16/h6-10,17H,3-5H2,1-2H3. The second-order valence-corrected chi connectivity index (χ2v) is 5.65. The third-order valence-corrected chi connectivity index (χ3v) is 4.18. The lowest BCUT2D eigenvalue weighted by atomic mass is 9.79. The lowest BCUT2D eigenvalue weighted by Crippen LogP contribution is -2.31. The molecule has 1 aliphatic carbocycles. The molecule has 1 aromatic rings. The molecule has 0 amide bonds. The van der Waals surface area contributed by atoms with E-state index in [1.165, 1.54) is 0 Å². The van der Waals surface area contributed by atoms with Crippen LogP contribution in [0.2, 0.25) is 0 Å². The van der Waals surface area contributed by atoms with Gasteiger partial charge in [0.15, 0.2) is 11.6 Å². The second-order valence-electron chi connectivity index (χ2n) is 5.65. The van der Waals surface area contributed by atoms with Crippen molar-refractivity contribution in [3.63, 3.8) is 0 Å². The van der Waals surface area contributed by atoms with Crippen LogP contribution in [0.25, 0.3) is 0 Å². The number of hydrogen-bond acceptors (Lipinski definition) is 3. The summed E-state index contributed by atoms with van der Waals surface area (Å²) < 4.78 is 27.6. The van der Waals surface area contributed by atoms with Gasteiger partial charge in [0.1, 0.15) is 5.69 Å². The maximum absolute atomic E-state index is 13.8. The summed E-state index contributed by atoms with van der Waals surface area (Å²) in [6, 6.07) is 1.51. The Bertz CT molecular complexity index is 499. The average molecular weight is 284 g/mol. The zero-order chi connectivity index (χ0) is 14.9. The summed E-state index contributed by atoms with van der Waals surface area (Å²) in [4.78, 5) is 9.73. The van der Waals surface area contributed by atoms with Crippen LogP contribution in [-0.4, -0.2) is 11.0 Å². The van der Waals surface area contributed by atoms with E-state index in [9.17, 15) is 18.9 Å². The van der Waals surface area contributed by atoms with Crippen molar-refractivity contribution in [2.24, 2.45) is 11.8 Å². The summed E-state index contributed by atoms with van der Waals surface area (Å²) in [5, 5.41) is 13.4. The van der Waals surface area contributed by atoms with Gasteiger partial charge in [0.2, 0.25) is 0 Å². The molecule has 1 fully saturated rings. The zero-order valence-electron chi connectivity index (χ0n) is 11.5. The molecule has 3 unspecified atom stereocenters. The average Bonchev–Trinajstić information content (AvgIpc) is 2.37. The molecule has 0 aliphatic heterocycles. The predicted molar refractivity (Wildman–Crippen MR) is 72.6 cm³/mol. The highest BCUT2D eigenvalue weighted by atomic mass is 19.1. The van der Waals surface area contributed by atoms with E-state index in [-0.39, 0.29) is 11.7 Å². The molecular weight excluding hydrogens is 266 g/mol. The van der Waals surface area contributed by atoms with Crippen LogP contribution in [0.1, 0.15) is 33.1 Å². The molecule has 1 N–H and O–H groups in total. The molecule has 0 heterocycles. The Morgan fingerprint density at radius 3 is 2.30 bits per heavy atom. The summed E-state index contributed by atoms with van der Waals surface area (Å²) in [6.07, 6.45) is 2.70. The Morgan fingerprint density at radius 2 is 1.80 bits per heavy atom. The second kappa shape index (κ2) is 5.73. The number of non-ortho nitro benzene ring substituents is 1. The van der Waals surface area contributed by atoms with Crippen molar-refractivity contribution in [1.29, 1.82) is 0 Å². The molecule has 4 nitrogen and oxygen atoms in total. The number of hydrogen-bond donors (Lipinski definition) is 1. The van der Waals surface area contributed by atoms with Gasteiger partial charge in [-0.3, -0.25) is 10.1 Å². The van der Waals surface area contributed by atoms with Gasteiger partial charge in [0, 0.05) is 6.04 Å². The summed E-state index contributed by atoms with van der Waals surface area (Å²) >= 11 is 0. The maximum atomic E-state index is 13.8. The van der Waals surface area contributed by atoms with Crippen LogP contribution < -0.4 is 5.32 Å². The monoisotopic (exact) mass is 284 g/mol. The van der Waals surface area contributed by atoms with Gasteiger partial charge in [-0.15, -0.1) is 0 Å². The fraction of sp³-hybridized carbons (Fsp3) is 0.571. The van der Waals surface area contributed by atoms with E-state index in [0.29, 0.717) is 11.8 Å². The van der Waals surface area contributed by atoms with Crippen LogP contribution in [0, 0.1) is 33.6 Å². The summed E-state index contributed by atoms with van der Waals surface area (Å²) in [7, 11) is 0. The van der Waals surface area contributed by atoms with E-state index in [1.807, 2.05) is 0 Å². The number of nitrogens with one attached hydrogen (secondary N) is 1. The fourth-order valence-electron chi connectivity index (χ4n) is 2.69. The van der Waals surface area contributed by atoms with Crippen molar-refractivity contribution in [3.8, 4) is 0 Å². The van der Waals surface area contributed by atoms with Gasteiger partial charge in [0.25, 0.3) is 5.69 Å². The van der Waals surface area contributed by atoms with Crippen LogP contribution in [0.3, 0.4) is 0 Å². The minimum atomic E-state index is -0.914. The van der Waals surface area contributed by atoms with E-state index >= 15 is 0 Å². The van der Waals surface area contributed by atoms with Crippen LogP contribution in [-0.2, 0) is 0 Å². The molecule has 110 valence electrons. The van der Waals surface area contributed by atoms with Gasteiger partial charge >= 0.3 is 0 Å². The molecule has 0 spiro atoms. The molecule has 0 aromatic heterocycles. The van der Waals surface area contributed by atoms with E-state index < -0.39 is 22.2 Å². The van der Waals surface area contributed by atoms with Crippen molar-refractivity contribution >= 4 is 11.4 Å². The van der Waals surface area contributed by atoms with Gasteiger partial charge in [-0.25, -0.2) is 8.78 Å². The van der Waals surface area contributed by atoms with Gasteiger partial charge in [-0.05, 0) is 31.1 Å². The van der Waals surface area contributed by atoms with Crippen molar-refractivity contribution < 1.29 is 13.7 Å². The number of nitrogens with zero attached hydrogens (tertiary/aromatic N) is 1. The number of rotatable bonds is 3.